The molecule has 0 spiro atoms. The van der Waals surface area contributed by atoms with Gasteiger partial charge in [-0.3, -0.25) is 4.79 Å². The summed E-state index contributed by atoms with van der Waals surface area (Å²) < 4.78 is 10.0. The highest BCUT2D eigenvalue weighted by Crippen LogP contribution is 2.08. The Bertz CT molecular complexity index is 211. The van der Waals surface area contributed by atoms with Gasteiger partial charge in [-0.2, -0.15) is 0 Å². The Morgan fingerprint density at radius 2 is 2.12 bits per heavy atom. The second kappa shape index (κ2) is 7.60. The Morgan fingerprint density at radius 3 is 2.56 bits per heavy atom. The number of esters is 1. The Hall–Kier alpha value is -0.650. The zero-order valence-corrected chi connectivity index (χ0v) is 11.0. The first kappa shape index (κ1) is 15.3. The number of methoxy groups -OCH3 is 1. The van der Waals surface area contributed by atoms with Crippen molar-refractivity contribution in [1.82, 2.24) is 10.2 Å². The van der Waals surface area contributed by atoms with Crippen LogP contribution in [0.25, 0.3) is 0 Å². The number of hydrogen-bond donors (Lipinski definition) is 1. The summed E-state index contributed by atoms with van der Waals surface area (Å²) in [6, 6.07) is 0. The average Bonchev–Trinajstić information content (AvgIpc) is 2.26. The second-order valence-electron chi connectivity index (χ2n) is 4.03. The third-order valence-corrected chi connectivity index (χ3v) is 2.54. The van der Waals surface area contributed by atoms with E-state index in [0.29, 0.717) is 19.8 Å². The maximum absolute atomic E-state index is 11.8. The lowest BCUT2D eigenvalue weighted by molar-refractivity contribution is -0.151. The van der Waals surface area contributed by atoms with E-state index >= 15 is 0 Å². The minimum atomic E-state index is -0.668. The van der Waals surface area contributed by atoms with Crippen LogP contribution < -0.4 is 5.32 Å². The summed E-state index contributed by atoms with van der Waals surface area (Å²) in [5, 5.41) is 3.01. The van der Waals surface area contributed by atoms with Crippen molar-refractivity contribution in [2.75, 3.05) is 47.5 Å². The zero-order chi connectivity index (χ0) is 12.6. The predicted molar refractivity (Wildman–Crippen MR) is 63.5 cm³/mol. The van der Waals surface area contributed by atoms with Crippen molar-refractivity contribution in [3.8, 4) is 0 Å². The van der Waals surface area contributed by atoms with Gasteiger partial charge in [-0.25, -0.2) is 0 Å². The van der Waals surface area contributed by atoms with Crippen LogP contribution in [-0.2, 0) is 14.3 Å². The van der Waals surface area contributed by atoms with E-state index in [1.54, 1.807) is 14.2 Å². The van der Waals surface area contributed by atoms with Gasteiger partial charge in [0, 0.05) is 20.2 Å². The topological polar surface area (TPSA) is 50.8 Å². The van der Waals surface area contributed by atoms with Gasteiger partial charge >= 0.3 is 5.97 Å². The van der Waals surface area contributed by atoms with Gasteiger partial charge in [-0.1, -0.05) is 0 Å². The summed E-state index contributed by atoms with van der Waals surface area (Å²) in [5.74, 6) is -0.221. The molecule has 5 heteroatoms. The van der Waals surface area contributed by atoms with Gasteiger partial charge in [0.25, 0.3) is 0 Å². The molecule has 5 nitrogen and oxygen atoms in total. The van der Waals surface area contributed by atoms with Crippen LogP contribution in [-0.4, -0.2) is 63.9 Å². The van der Waals surface area contributed by atoms with E-state index in [1.807, 2.05) is 25.8 Å². The Labute approximate surface area is 98.1 Å². The molecule has 96 valence electrons. The lowest BCUT2D eigenvalue weighted by Gasteiger charge is -2.31. The highest BCUT2D eigenvalue weighted by atomic mass is 16.5. The quantitative estimate of drug-likeness (QED) is 0.602. The van der Waals surface area contributed by atoms with Crippen LogP contribution in [0.1, 0.15) is 13.8 Å². The van der Waals surface area contributed by atoms with E-state index in [4.69, 9.17) is 9.47 Å². The molecule has 0 aliphatic heterocycles. The molecule has 0 fully saturated rings. The first-order chi connectivity index (χ1) is 7.50. The molecular weight excluding hydrogens is 208 g/mol. The predicted octanol–water partition coefficient (Wildman–Crippen LogP) is 0.106. The minimum Gasteiger partial charge on any atom is -0.465 e. The third kappa shape index (κ3) is 4.92. The number of rotatable bonds is 8. The molecule has 0 aliphatic carbocycles. The number of carbonyl (C=O) groups excluding carboxylic acids is 1. The summed E-state index contributed by atoms with van der Waals surface area (Å²) in [7, 11) is 5.38. The van der Waals surface area contributed by atoms with Crippen molar-refractivity contribution in [1.29, 1.82) is 0 Å². The van der Waals surface area contributed by atoms with Gasteiger partial charge in [-0.15, -0.1) is 0 Å². The first-order valence-corrected chi connectivity index (χ1v) is 5.53. The minimum absolute atomic E-state index is 0.221. The van der Waals surface area contributed by atoms with Crippen LogP contribution in [0, 0.1) is 0 Å². The monoisotopic (exact) mass is 232 g/mol. The summed E-state index contributed by atoms with van der Waals surface area (Å²) in [4.78, 5) is 13.8. The molecule has 1 unspecified atom stereocenters. The van der Waals surface area contributed by atoms with Gasteiger partial charge in [0.15, 0.2) is 0 Å². The van der Waals surface area contributed by atoms with E-state index < -0.39 is 5.54 Å². The van der Waals surface area contributed by atoms with Crippen LogP contribution in [0.15, 0.2) is 0 Å². The van der Waals surface area contributed by atoms with E-state index in [9.17, 15) is 4.79 Å². The fourth-order valence-corrected chi connectivity index (χ4v) is 1.40. The van der Waals surface area contributed by atoms with Crippen LogP contribution >= 0.6 is 0 Å². The van der Waals surface area contributed by atoms with Crippen molar-refractivity contribution >= 4 is 5.97 Å². The first-order valence-electron chi connectivity index (χ1n) is 5.53. The molecule has 0 saturated carbocycles. The van der Waals surface area contributed by atoms with Crippen molar-refractivity contribution in [3.05, 3.63) is 0 Å². The molecular formula is C11H24N2O3. The van der Waals surface area contributed by atoms with E-state index in [-0.39, 0.29) is 5.97 Å². The van der Waals surface area contributed by atoms with Crippen molar-refractivity contribution < 1.29 is 14.3 Å². The number of nitrogens with one attached hydrogen (secondary N) is 1. The molecule has 0 aliphatic rings. The molecule has 0 aromatic carbocycles. The van der Waals surface area contributed by atoms with Crippen LogP contribution in [0.2, 0.25) is 0 Å². The van der Waals surface area contributed by atoms with Crippen LogP contribution in [0.5, 0.6) is 0 Å². The van der Waals surface area contributed by atoms with E-state index in [1.165, 1.54) is 0 Å². The summed E-state index contributed by atoms with van der Waals surface area (Å²) in [5.41, 5.74) is -0.668. The molecule has 0 amide bonds. The van der Waals surface area contributed by atoms with Crippen molar-refractivity contribution in [2.24, 2.45) is 0 Å². The molecule has 16 heavy (non-hydrogen) atoms. The molecule has 0 radical (unpaired) electrons. The number of likely N-dealkylation sites (N-methyl/N-ethyl adjacent to an activating group) is 2. The Morgan fingerprint density at radius 1 is 1.50 bits per heavy atom. The van der Waals surface area contributed by atoms with Crippen molar-refractivity contribution in [2.45, 2.75) is 19.4 Å². The summed E-state index contributed by atoms with van der Waals surface area (Å²) in [6.45, 7) is 6.08. The fourth-order valence-electron chi connectivity index (χ4n) is 1.40. The normalized spacial score (nSPS) is 14.9. The number of nitrogens with zero attached hydrogens (tertiary/aromatic N) is 1. The van der Waals surface area contributed by atoms with Gasteiger partial charge in [-0.05, 0) is 27.9 Å². The largest absolute Gasteiger partial charge is 0.465 e. The molecule has 0 aromatic rings. The second-order valence-corrected chi connectivity index (χ2v) is 4.03. The van der Waals surface area contributed by atoms with Gasteiger partial charge < -0.3 is 19.7 Å². The maximum atomic E-state index is 11.8. The Kier molecular flexibility index (Phi) is 7.29. The summed E-state index contributed by atoms with van der Waals surface area (Å²) >= 11 is 0. The molecule has 0 saturated heterocycles. The highest BCUT2D eigenvalue weighted by Gasteiger charge is 2.34. The van der Waals surface area contributed by atoms with E-state index in [0.717, 1.165) is 6.54 Å². The standard InChI is InChI=1S/C11H24N2O3/c1-6-16-10(14)11(2,12-3)9-13(4)7-8-15-5/h12H,6-9H2,1-5H3. The molecule has 1 N–H and O–H groups in total. The van der Waals surface area contributed by atoms with Gasteiger partial charge in [0.1, 0.15) is 5.54 Å². The van der Waals surface area contributed by atoms with Gasteiger partial charge in [0.2, 0.25) is 0 Å². The number of carbonyl (C=O) groups is 1. The van der Waals surface area contributed by atoms with Crippen LogP contribution in [0.3, 0.4) is 0 Å². The number of hydrogen-bond acceptors (Lipinski definition) is 5. The molecule has 0 rings (SSSR count). The number of ether oxygens (including phenoxy) is 2. The molecule has 0 aromatic heterocycles. The average molecular weight is 232 g/mol. The summed E-state index contributed by atoms with van der Waals surface area (Å²) in [6.07, 6.45) is 0. The zero-order valence-electron chi connectivity index (χ0n) is 11.0. The fraction of sp³-hybridized carbons (Fsp3) is 0.909. The lowest BCUT2D eigenvalue weighted by Crippen LogP contribution is -2.56. The molecule has 1 atom stereocenters. The molecule has 0 heterocycles. The van der Waals surface area contributed by atoms with E-state index in [2.05, 4.69) is 5.32 Å². The third-order valence-electron chi connectivity index (χ3n) is 2.54. The smallest absolute Gasteiger partial charge is 0.327 e. The van der Waals surface area contributed by atoms with Crippen LogP contribution in [0.4, 0.5) is 0 Å². The molecule has 0 bridgehead atoms. The SMILES string of the molecule is CCOC(=O)C(C)(CN(C)CCOC)NC. The van der Waals surface area contributed by atoms with Gasteiger partial charge in [0.05, 0.1) is 13.2 Å². The maximum Gasteiger partial charge on any atom is 0.327 e. The highest BCUT2D eigenvalue weighted by molar-refractivity contribution is 5.80. The lowest BCUT2D eigenvalue weighted by atomic mass is 10.0. The van der Waals surface area contributed by atoms with Crippen molar-refractivity contribution in [3.63, 3.8) is 0 Å². The Balaban J connectivity index is 4.29.